The fourth-order valence-corrected chi connectivity index (χ4v) is 4.05. The van der Waals surface area contributed by atoms with Crippen LogP contribution in [0, 0.1) is 6.92 Å². The third kappa shape index (κ3) is 3.70. The summed E-state index contributed by atoms with van der Waals surface area (Å²) >= 11 is 0. The van der Waals surface area contributed by atoms with Crippen LogP contribution in [0.25, 0.3) is 0 Å². The van der Waals surface area contributed by atoms with Gasteiger partial charge < -0.3 is 18.9 Å². The van der Waals surface area contributed by atoms with E-state index < -0.39 is 52.4 Å². The van der Waals surface area contributed by atoms with Crippen LogP contribution in [0.5, 0.6) is 0 Å². The number of ether oxygens (including phenoxy) is 4. The Kier molecular flexibility index (Phi) is 5.50. The van der Waals surface area contributed by atoms with Crippen molar-refractivity contribution < 1.29 is 37.6 Å². The van der Waals surface area contributed by atoms with Gasteiger partial charge in [0, 0.05) is 0 Å². The highest BCUT2D eigenvalue weighted by atomic mass is 32.3. The summed E-state index contributed by atoms with van der Waals surface area (Å²) in [6.07, 6.45) is -4.10. The zero-order valence-corrected chi connectivity index (χ0v) is 15.5. The smallest absolute Gasteiger partial charge is 0.313 e. The Morgan fingerprint density at radius 2 is 1.69 bits per heavy atom. The van der Waals surface area contributed by atoms with E-state index >= 15 is 0 Å². The lowest BCUT2D eigenvalue weighted by Gasteiger charge is -2.44. The lowest BCUT2D eigenvalue weighted by atomic mass is 10.0. The highest BCUT2D eigenvalue weighted by molar-refractivity contribution is 8.38. The molecule has 1 aromatic rings. The van der Waals surface area contributed by atoms with E-state index in [-0.39, 0.29) is 11.5 Å². The number of hydrogen-bond acceptors (Lipinski definition) is 8. The minimum atomic E-state index is -3.97. The molecule has 2 aliphatic heterocycles. The van der Waals surface area contributed by atoms with Crippen LogP contribution in [0.2, 0.25) is 0 Å². The predicted octanol–water partition coefficient (Wildman–Crippen LogP) is 2.09. The number of benzene rings is 1. The number of carbonyl (C=O) groups excluding carboxylic acids is 2. The first-order valence-electron chi connectivity index (χ1n) is 8.21. The van der Waals surface area contributed by atoms with E-state index in [0.29, 0.717) is 0 Å². The fourth-order valence-electron chi connectivity index (χ4n) is 2.92. The Hall–Kier alpha value is -1.33. The number of ketones is 1. The summed E-state index contributed by atoms with van der Waals surface area (Å²) in [7, 11) is -3.97. The Morgan fingerprint density at radius 1 is 1.04 bits per heavy atom. The van der Waals surface area contributed by atoms with Gasteiger partial charge in [0.1, 0.15) is 12.2 Å². The maximum absolute atomic E-state index is 12.7. The second-order valence-electron chi connectivity index (χ2n) is 6.31. The normalized spacial score (nSPS) is 32.6. The lowest BCUT2D eigenvalue weighted by Crippen LogP contribution is -2.60. The molecule has 0 aromatic heterocycles. The molecule has 0 amide bonds. The minimum absolute atomic E-state index is 0.0145. The van der Waals surface area contributed by atoms with Crippen LogP contribution in [0.1, 0.15) is 19.4 Å². The van der Waals surface area contributed by atoms with E-state index in [0.717, 1.165) is 5.56 Å². The van der Waals surface area contributed by atoms with Crippen molar-refractivity contribution in [2.45, 2.75) is 56.6 Å². The van der Waals surface area contributed by atoms with Crippen molar-refractivity contribution in [1.82, 2.24) is 0 Å². The number of Topliss-reactive ketones (excluding diaryl/α,β-unsaturated/α-hetero) is 1. The second kappa shape index (κ2) is 7.35. The first kappa shape index (κ1) is 19.4. The predicted molar refractivity (Wildman–Crippen MR) is 91.8 cm³/mol. The molecule has 3 rings (SSSR count). The van der Waals surface area contributed by atoms with Gasteiger partial charge >= 0.3 is 5.12 Å². The quantitative estimate of drug-likeness (QED) is 0.760. The van der Waals surface area contributed by atoms with E-state index in [1.54, 1.807) is 26.0 Å². The summed E-state index contributed by atoms with van der Waals surface area (Å²) in [5.74, 6) is -1.05. The molecule has 5 atom stereocenters. The summed E-state index contributed by atoms with van der Waals surface area (Å²) in [6, 6.07) is 6.10. The molecule has 2 heterocycles. The molecule has 0 saturated carbocycles. The average molecular weight is 386 g/mol. The number of carbonyl (C=O) groups is 2. The van der Waals surface area contributed by atoms with Gasteiger partial charge in [-0.05, 0) is 32.9 Å². The van der Waals surface area contributed by atoms with E-state index in [2.05, 4.69) is 0 Å². The number of fused-ring (bicyclic) bond motifs is 1. The molecule has 9 heteroatoms. The fraction of sp³-hybridized carbons (Fsp3) is 0.529. The van der Waals surface area contributed by atoms with Crippen molar-refractivity contribution >= 4 is 21.5 Å². The summed E-state index contributed by atoms with van der Waals surface area (Å²) in [5, 5.41) is -1.30. The molecule has 1 aromatic carbocycles. The molecular weight excluding hydrogens is 364 g/mol. The molecule has 2 unspecified atom stereocenters. The molecule has 0 spiro atoms. The van der Waals surface area contributed by atoms with Gasteiger partial charge in [0.15, 0.2) is 18.7 Å². The summed E-state index contributed by atoms with van der Waals surface area (Å²) in [5.41, 5.74) is 0.886. The van der Waals surface area contributed by atoms with Crippen LogP contribution in [0.3, 0.4) is 0 Å². The SMILES string of the molecule is Cc1ccc(S(O)(O)C(=O)C(=O)[C@H]2OC(C)O[C@@H]3COC(C)O[C@@H]23)cc1. The third-order valence-corrected chi connectivity index (χ3v) is 5.93. The minimum Gasteiger partial charge on any atom is -0.350 e. The highest BCUT2D eigenvalue weighted by Gasteiger charge is 2.50. The molecule has 0 aliphatic carbocycles. The molecular formula is C17H22O8S. The van der Waals surface area contributed by atoms with E-state index in [1.165, 1.54) is 12.1 Å². The molecule has 2 saturated heterocycles. The maximum Gasteiger partial charge on any atom is 0.313 e. The van der Waals surface area contributed by atoms with Crippen LogP contribution in [-0.2, 0) is 28.5 Å². The lowest BCUT2D eigenvalue weighted by molar-refractivity contribution is -0.343. The monoisotopic (exact) mass is 386 g/mol. The number of aryl methyl sites for hydroxylation is 1. The van der Waals surface area contributed by atoms with Crippen LogP contribution in [-0.4, -0.2) is 57.5 Å². The van der Waals surface area contributed by atoms with Gasteiger partial charge in [0.05, 0.1) is 11.5 Å². The molecule has 8 nitrogen and oxygen atoms in total. The van der Waals surface area contributed by atoms with Crippen molar-refractivity contribution in [3.8, 4) is 0 Å². The first-order chi connectivity index (χ1) is 12.2. The number of hydrogen-bond donors (Lipinski definition) is 2. The van der Waals surface area contributed by atoms with Gasteiger partial charge in [-0.15, -0.1) is 10.6 Å². The van der Waals surface area contributed by atoms with Crippen molar-refractivity contribution in [3.63, 3.8) is 0 Å². The van der Waals surface area contributed by atoms with Crippen molar-refractivity contribution in [1.29, 1.82) is 0 Å². The van der Waals surface area contributed by atoms with E-state index in [1.807, 2.05) is 6.92 Å². The zero-order chi connectivity index (χ0) is 19.1. The first-order valence-corrected chi connectivity index (χ1v) is 9.76. The van der Waals surface area contributed by atoms with Crippen LogP contribution >= 0.6 is 10.6 Å². The molecule has 144 valence electrons. The van der Waals surface area contributed by atoms with Gasteiger partial charge in [0.25, 0.3) is 5.78 Å². The van der Waals surface area contributed by atoms with Gasteiger partial charge in [-0.1, -0.05) is 17.7 Å². The highest BCUT2D eigenvalue weighted by Crippen LogP contribution is 2.49. The second-order valence-corrected chi connectivity index (χ2v) is 8.25. The average Bonchev–Trinajstić information content (AvgIpc) is 2.60. The van der Waals surface area contributed by atoms with Gasteiger partial charge in [0.2, 0.25) is 0 Å². The van der Waals surface area contributed by atoms with Crippen LogP contribution in [0.4, 0.5) is 0 Å². The zero-order valence-electron chi connectivity index (χ0n) is 14.7. The molecule has 2 N–H and O–H groups in total. The van der Waals surface area contributed by atoms with Crippen LogP contribution in [0.15, 0.2) is 29.2 Å². The van der Waals surface area contributed by atoms with Crippen molar-refractivity contribution in [2.24, 2.45) is 0 Å². The summed E-state index contributed by atoms with van der Waals surface area (Å²) < 4.78 is 42.6. The largest absolute Gasteiger partial charge is 0.350 e. The van der Waals surface area contributed by atoms with Gasteiger partial charge in [-0.2, -0.15) is 0 Å². The Morgan fingerprint density at radius 3 is 2.35 bits per heavy atom. The molecule has 0 radical (unpaired) electrons. The third-order valence-electron chi connectivity index (χ3n) is 4.28. The maximum atomic E-state index is 12.7. The molecule has 0 bridgehead atoms. The van der Waals surface area contributed by atoms with E-state index in [9.17, 15) is 18.7 Å². The summed E-state index contributed by atoms with van der Waals surface area (Å²) in [4.78, 5) is 25.3. The van der Waals surface area contributed by atoms with Crippen molar-refractivity contribution in [2.75, 3.05) is 6.61 Å². The Bertz CT molecular complexity index is 689. The van der Waals surface area contributed by atoms with Crippen LogP contribution < -0.4 is 0 Å². The topological polar surface area (TPSA) is 112 Å². The Labute approximate surface area is 152 Å². The molecule has 26 heavy (non-hydrogen) atoms. The molecule has 2 aliphatic rings. The van der Waals surface area contributed by atoms with E-state index in [4.69, 9.17) is 18.9 Å². The Balaban J connectivity index is 1.84. The molecule has 2 fully saturated rings. The van der Waals surface area contributed by atoms with Gasteiger partial charge in [-0.3, -0.25) is 18.7 Å². The van der Waals surface area contributed by atoms with Crippen molar-refractivity contribution in [3.05, 3.63) is 29.8 Å². The summed E-state index contributed by atoms with van der Waals surface area (Å²) in [6.45, 7) is 5.24. The van der Waals surface area contributed by atoms with Gasteiger partial charge in [-0.25, -0.2) is 0 Å². The standard InChI is InChI=1S/C17H22O8S/c1-9-4-6-12(7-5-9)26(20,21)17(19)14(18)16-15-13(23-11(3)25-16)8-22-10(2)24-15/h4-7,10-11,13,15-16,20-21H,8H2,1-3H3/t10?,11?,13-,15-,16-/m1/s1. The number of rotatable bonds is 3.